The van der Waals surface area contributed by atoms with Gasteiger partial charge in [0, 0.05) is 5.56 Å². The van der Waals surface area contributed by atoms with Crippen molar-refractivity contribution in [3.8, 4) is 5.75 Å². The number of hydrogen-bond acceptors (Lipinski definition) is 5. The minimum Gasteiger partial charge on any atom is -0.478 e. The second-order valence-corrected chi connectivity index (χ2v) is 6.20. The third-order valence-electron chi connectivity index (χ3n) is 3.93. The Bertz CT molecular complexity index is 673. The number of anilines is 1. The van der Waals surface area contributed by atoms with Gasteiger partial charge in [-0.2, -0.15) is 0 Å². The van der Waals surface area contributed by atoms with E-state index >= 15 is 0 Å². The zero-order chi connectivity index (χ0) is 18.0. The molecule has 0 bridgehead atoms. The van der Waals surface area contributed by atoms with Crippen LogP contribution in [0.15, 0.2) is 18.2 Å². The molecule has 130 valence electrons. The lowest BCUT2D eigenvalue weighted by Gasteiger charge is -2.38. The Labute approximate surface area is 145 Å². The first-order valence-corrected chi connectivity index (χ1v) is 8.16. The number of hydrogen-bond donors (Lipinski definition) is 0. The van der Waals surface area contributed by atoms with Crippen LogP contribution < -0.4 is 9.64 Å². The number of carbonyl (C=O) groups excluding carboxylic acids is 3. The van der Waals surface area contributed by atoms with Gasteiger partial charge in [0.2, 0.25) is 0 Å². The molecule has 2 atom stereocenters. The molecular formula is C17H20ClNO5. The molecular weight excluding hydrogens is 334 g/mol. The molecule has 0 saturated heterocycles. The number of rotatable bonds is 5. The van der Waals surface area contributed by atoms with Gasteiger partial charge in [0.05, 0.1) is 18.7 Å². The van der Waals surface area contributed by atoms with Crippen LogP contribution in [0.25, 0.3) is 0 Å². The van der Waals surface area contributed by atoms with Crippen LogP contribution in [0.4, 0.5) is 5.69 Å². The second kappa shape index (κ2) is 7.21. The average Bonchev–Trinajstić information content (AvgIpc) is 2.58. The van der Waals surface area contributed by atoms with Crippen molar-refractivity contribution in [3.63, 3.8) is 0 Å². The van der Waals surface area contributed by atoms with Gasteiger partial charge in [0.1, 0.15) is 11.8 Å². The zero-order valence-electron chi connectivity index (χ0n) is 14.0. The molecule has 1 aromatic rings. The Morgan fingerprint density at radius 2 is 2.00 bits per heavy atom. The Morgan fingerprint density at radius 3 is 2.54 bits per heavy atom. The van der Waals surface area contributed by atoms with Crippen LogP contribution in [-0.4, -0.2) is 42.8 Å². The molecule has 0 saturated carbocycles. The number of amides is 1. The van der Waals surface area contributed by atoms with Crippen LogP contribution in [0, 0.1) is 5.92 Å². The van der Waals surface area contributed by atoms with E-state index in [1.54, 1.807) is 19.1 Å². The Hall–Kier alpha value is -2.08. The molecule has 0 aliphatic carbocycles. The normalized spacial score (nSPS) is 18.0. The molecule has 24 heavy (non-hydrogen) atoms. The molecule has 7 heteroatoms. The van der Waals surface area contributed by atoms with E-state index in [0.29, 0.717) is 17.0 Å². The number of ketones is 1. The first-order chi connectivity index (χ1) is 11.3. The summed E-state index contributed by atoms with van der Waals surface area (Å²) in [6.45, 7) is 5.30. The maximum absolute atomic E-state index is 12.8. The number of alkyl halides is 1. The number of esters is 1. The van der Waals surface area contributed by atoms with Crippen molar-refractivity contribution < 1.29 is 23.9 Å². The van der Waals surface area contributed by atoms with Crippen LogP contribution in [-0.2, 0) is 14.3 Å². The number of Topliss-reactive ketones (excluding diaryl/α,β-unsaturated/α-hetero) is 1. The number of fused-ring (bicyclic) bond motifs is 1. The Kier molecular flexibility index (Phi) is 5.49. The van der Waals surface area contributed by atoms with E-state index in [-0.39, 0.29) is 23.5 Å². The predicted molar refractivity (Wildman–Crippen MR) is 89.7 cm³/mol. The molecule has 1 amide bonds. The lowest BCUT2D eigenvalue weighted by atomic mass is 10.0. The summed E-state index contributed by atoms with van der Waals surface area (Å²) in [5, 5.41) is 0. The van der Waals surface area contributed by atoms with Gasteiger partial charge in [-0.15, -0.1) is 11.6 Å². The largest absolute Gasteiger partial charge is 0.478 e. The molecule has 0 aromatic heterocycles. The number of carbonyl (C=O) groups is 3. The van der Waals surface area contributed by atoms with Gasteiger partial charge in [-0.05, 0) is 31.0 Å². The second-order valence-electron chi connectivity index (χ2n) is 5.93. The Morgan fingerprint density at radius 1 is 1.33 bits per heavy atom. The molecule has 0 fully saturated rings. The molecule has 1 aromatic carbocycles. The predicted octanol–water partition coefficient (Wildman–Crippen LogP) is 2.42. The maximum atomic E-state index is 12.8. The van der Waals surface area contributed by atoms with Gasteiger partial charge in [0.15, 0.2) is 11.9 Å². The van der Waals surface area contributed by atoms with Gasteiger partial charge >= 0.3 is 5.97 Å². The molecule has 2 unspecified atom stereocenters. The molecule has 0 radical (unpaired) electrons. The van der Waals surface area contributed by atoms with Crippen molar-refractivity contribution in [2.24, 2.45) is 5.92 Å². The fourth-order valence-electron chi connectivity index (χ4n) is 2.60. The van der Waals surface area contributed by atoms with E-state index in [0.717, 1.165) is 0 Å². The summed E-state index contributed by atoms with van der Waals surface area (Å²) in [7, 11) is 1.26. The van der Waals surface area contributed by atoms with Crippen LogP contribution >= 0.6 is 11.6 Å². The average molecular weight is 354 g/mol. The highest BCUT2D eigenvalue weighted by atomic mass is 35.5. The SMILES string of the molecule is COC(=O)C(C)N1C(=O)C(C(C)C)Oc2ccc(C(=O)CCl)cc21. The molecule has 2 rings (SSSR count). The number of nitrogens with zero attached hydrogens (tertiary/aromatic N) is 1. The maximum Gasteiger partial charge on any atom is 0.328 e. The number of halogens is 1. The first-order valence-electron chi connectivity index (χ1n) is 7.62. The summed E-state index contributed by atoms with van der Waals surface area (Å²) in [5.41, 5.74) is 0.718. The lowest BCUT2D eigenvalue weighted by molar-refractivity contribution is -0.144. The fourth-order valence-corrected chi connectivity index (χ4v) is 2.75. The van der Waals surface area contributed by atoms with Crippen LogP contribution in [0.3, 0.4) is 0 Å². The third-order valence-corrected chi connectivity index (χ3v) is 4.17. The highest BCUT2D eigenvalue weighted by molar-refractivity contribution is 6.30. The Balaban J connectivity index is 2.56. The zero-order valence-corrected chi connectivity index (χ0v) is 14.8. The topological polar surface area (TPSA) is 72.9 Å². The van der Waals surface area contributed by atoms with Gasteiger partial charge in [-0.1, -0.05) is 13.8 Å². The van der Waals surface area contributed by atoms with Gasteiger partial charge < -0.3 is 9.47 Å². The molecule has 0 N–H and O–H groups in total. The molecule has 6 nitrogen and oxygen atoms in total. The van der Waals surface area contributed by atoms with Crippen molar-refractivity contribution >= 4 is 34.9 Å². The van der Waals surface area contributed by atoms with Crippen molar-refractivity contribution in [2.75, 3.05) is 17.9 Å². The van der Waals surface area contributed by atoms with E-state index in [1.165, 1.54) is 18.1 Å². The monoisotopic (exact) mass is 353 g/mol. The van der Waals surface area contributed by atoms with Crippen molar-refractivity contribution in [1.82, 2.24) is 0 Å². The minimum atomic E-state index is -0.840. The van der Waals surface area contributed by atoms with E-state index in [2.05, 4.69) is 0 Å². The van der Waals surface area contributed by atoms with Crippen LogP contribution in [0.2, 0.25) is 0 Å². The van der Waals surface area contributed by atoms with E-state index in [1.807, 2.05) is 13.8 Å². The molecule has 0 spiro atoms. The first kappa shape index (κ1) is 18.3. The minimum absolute atomic E-state index is 0.0813. The summed E-state index contributed by atoms with van der Waals surface area (Å²) < 4.78 is 10.5. The number of benzene rings is 1. The lowest BCUT2D eigenvalue weighted by Crippen LogP contribution is -2.54. The summed E-state index contributed by atoms with van der Waals surface area (Å²) in [5.74, 6) is -0.978. The molecule has 1 aliphatic rings. The van der Waals surface area contributed by atoms with Crippen molar-refractivity contribution in [1.29, 1.82) is 0 Å². The van der Waals surface area contributed by atoms with Crippen LogP contribution in [0.1, 0.15) is 31.1 Å². The fraction of sp³-hybridized carbons (Fsp3) is 0.471. The highest BCUT2D eigenvalue weighted by Gasteiger charge is 2.41. The summed E-state index contributed by atoms with van der Waals surface area (Å²) in [4.78, 5) is 38.0. The van der Waals surface area contributed by atoms with Gasteiger partial charge in [-0.3, -0.25) is 14.5 Å². The van der Waals surface area contributed by atoms with E-state index in [9.17, 15) is 14.4 Å². The van der Waals surface area contributed by atoms with Crippen molar-refractivity contribution in [3.05, 3.63) is 23.8 Å². The smallest absolute Gasteiger partial charge is 0.328 e. The quantitative estimate of drug-likeness (QED) is 0.462. The van der Waals surface area contributed by atoms with Crippen molar-refractivity contribution in [2.45, 2.75) is 32.9 Å². The summed E-state index contributed by atoms with van der Waals surface area (Å²) in [6.07, 6.45) is -0.709. The molecule has 1 heterocycles. The van der Waals surface area contributed by atoms with Gasteiger partial charge in [0.25, 0.3) is 5.91 Å². The third kappa shape index (κ3) is 3.24. The van der Waals surface area contributed by atoms with Crippen LogP contribution in [0.5, 0.6) is 5.75 Å². The van der Waals surface area contributed by atoms with Gasteiger partial charge in [-0.25, -0.2) is 4.79 Å². The highest BCUT2D eigenvalue weighted by Crippen LogP contribution is 2.38. The standard InChI is InChI=1S/C17H20ClNO5/c1-9(2)15-16(21)19(10(3)17(22)23-4)12-7-11(13(20)8-18)5-6-14(12)24-15/h5-7,9-10,15H,8H2,1-4H3. The number of methoxy groups -OCH3 is 1. The molecule has 1 aliphatic heterocycles. The summed E-state index contributed by atoms with van der Waals surface area (Å²) in [6, 6.07) is 3.90. The number of ether oxygens (including phenoxy) is 2. The van der Waals surface area contributed by atoms with E-state index < -0.39 is 18.1 Å². The summed E-state index contributed by atoms with van der Waals surface area (Å²) >= 11 is 5.60. The van der Waals surface area contributed by atoms with E-state index in [4.69, 9.17) is 21.1 Å².